The van der Waals surface area contributed by atoms with Gasteiger partial charge < -0.3 is 16.4 Å². The van der Waals surface area contributed by atoms with Gasteiger partial charge in [-0.25, -0.2) is 13.9 Å². The van der Waals surface area contributed by atoms with E-state index < -0.39 is 17.5 Å². The summed E-state index contributed by atoms with van der Waals surface area (Å²) in [7, 11) is 0. The van der Waals surface area contributed by atoms with Gasteiger partial charge >= 0.3 is 6.03 Å². The summed E-state index contributed by atoms with van der Waals surface area (Å²) in [5, 5.41) is 9.79. The van der Waals surface area contributed by atoms with E-state index in [4.69, 9.17) is 5.73 Å². The molecule has 1 fully saturated rings. The molecule has 138 valence electrons. The summed E-state index contributed by atoms with van der Waals surface area (Å²) >= 11 is 0. The van der Waals surface area contributed by atoms with Crippen LogP contribution in [0, 0.1) is 5.82 Å². The topological polar surface area (TPSA) is 102 Å². The molecule has 4 N–H and O–H groups in total. The second kappa shape index (κ2) is 7.15. The van der Waals surface area contributed by atoms with Gasteiger partial charge in [0.2, 0.25) is 5.91 Å². The second-order valence-corrected chi connectivity index (χ2v) is 6.67. The molecule has 0 spiro atoms. The molecule has 1 aliphatic rings. The van der Waals surface area contributed by atoms with Gasteiger partial charge in [-0.05, 0) is 44.0 Å². The fraction of sp³-hybridized carbons (Fsp3) is 0.389. The highest BCUT2D eigenvalue weighted by Gasteiger charge is 2.41. The molecule has 3 amide bonds. The Morgan fingerprint density at radius 1 is 1.27 bits per heavy atom. The van der Waals surface area contributed by atoms with Crippen LogP contribution in [0.3, 0.4) is 0 Å². The average molecular weight is 359 g/mol. The summed E-state index contributed by atoms with van der Waals surface area (Å²) < 4.78 is 14.6. The summed E-state index contributed by atoms with van der Waals surface area (Å²) in [5.74, 6) is -0.815. The van der Waals surface area contributed by atoms with E-state index in [1.165, 1.54) is 12.1 Å². The number of nitrogens with one attached hydrogen (secondary N) is 2. The first-order chi connectivity index (χ1) is 12.4. The lowest BCUT2D eigenvalue weighted by molar-refractivity contribution is -0.123. The molecule has 3 rings (SSSR count). The van der Waals surface area contributed by atoms with E-state index in [1.54, 1.807) is 29.2 Å². The molecule has 1 saturated carbocycles. The van der Waals surface area contributed by atoms with Crippen molar-refractivity contribution in [2.45, 2.75) is 44.2 Å². The Balaban J connectivity index is 1.64. The lowest BCUT2D eigenvalue weighted by atomic mass is 9.97. The zero-order chi connectivity index (χ0) is 18.7. The van der Waals surface area contributed by atoms with E-state index in [0.717, 1.165) is 18.4 Å². The normalized spacial score (nSPS) is 16.8. The number of nitrogens with two attached hydrogens (primary N) is 1. The Labute approximate surface area is 150 Å². The number of aromatic nitrogens is 2. The smallest absolute Gasteiger partial charge is 0.316 e. The van der Waals surface area contributed by atoms with Crippen LogP contribution in [0.4, 0.5) is 9.18 Å². The number of carbonyl (C=O) groups excluding carboxylic acids is 2. The SMILES string of the molecule is C[C@H](NC(=O)NC1(C(N)=O)CCCC1)c1cnn(-c2ccc(F)cc2)c1. The van der Waals surface area contributed by atoms with E-state index in [-0.39, 0.29) is 11.9 Å². The van der Waals surface area contributed by atoms with Gasteiger partial charge in [0.1, 0.15) is 11.4 Å². The number of rotatable bonds is 5. The van der Waals surface area contributed by atoms with Crippen LogP contribution in [-0.2, 0) is 4.79 Å². The third-order valence-electron chi connectivity index (χ3n) is 4.82. The zero-order valence-corrected chi connectivity index (χ0v) is 14.5. The Kier molecular flexibility index (Phi) is 4.92. The van der Waals surface area contributed by atoms with Crippen LogP contribution in [0.2, 0.25) is 0 Å². The molecule has 26 heavy (non-hydrogen) atoms. The van der Waals surface area contributed by atoms with E-state index in [2.05, 4.69) is 15.7 Å². The quantitative estimate of drug-likeness (QED) is 0.762. The average Bonchev–Trinajstić information content (AvgIpc) is 3.25. The molecule has 0 bridgehead atoms. The van der Waals surface area contributed by atoms with Crippen LogP contribution in [-0.4, -0.2) is 27.3 Å². The van der Waals surface area contributed by atoms with Gasteiger partial charge in [0, 0.05) is 11.8 Å². The minimum Gasteiger partial charge on any atom is -0.368 e. The zero-order valence-electron chi connectivity index (χ0n) is 14.5. The number of carbonyl (C=O) groups is 2. The fourth-order valence-corrected chi connectivity index (χ4v) is 3.24. The monoisotopic (exact) mass is 359 g/mol. The van der Waals surface area contributed by atoms with Crippen molar-refractivity contribution in [3.05, 3.63) is 48.0 Å². The van der Waals surface area contributed by atoms with Crippen LogP contribution in [0.1, 0.15) is 44.2 Å². The maximum Gasteiger partial charge on any atom is 0.316 e. The summed E-state index contributed by atoms with van der Waals surface area (Å²) in [5.41, 5.74) is 6.02. The second-order valence-electron chi connectivity index (χ2n) is 6.67. The number of urea groups is 1. The maximum absolute atomic E-state index is 13.0. The number of halogens is 1. The van der Waals surface area contributed by atoms with E-state index >= 15 is 0 Å². The molecule has 0 radical (unpaired) electrons. The van der Waals surface area contributed by atoms with E-state index in [0.29, 0.717) is 18.5 Å². The van der Waals surface area contributed by atoms with E-state index in [9.17, 15) is 14.0 Å². The summed E-state index contributed by atoms with van der Waals surface area (Å²) in [6.45, 7) is 1.82. The van der Waals surface area contributed by atoms with Crippen LogP contribution in [0.15, 0.2) is 36.7 Å². The summed E-state index contributed by atoms with van der Waals surface area (Å²) in [6.07, 6.45) is 6.25. The fourth-order valence-electron chi connectivity index (χ4n) is 3.24. The van der Waals surface area contributed by atoms with Crippen LogP contribution < -0.4 is 16.4 Å². The van der Waals surface area contributed by atoms with Gasteiger partial charge in [0.05, 0.1) is 17.9 Å². The van der Waals surface area contributed by atoms with Crippen molar-refractivity contribution in [3.63, 3.8) is 0 Å². The van der Waals surface area contributed by atoms with Crippen LogP contribution in [0.5, 0.6) is 0 Å². The maximum atomic E-state index is 13.0. The lowest BCUT2D eigenvalue weighted by Gasteiger charge is -2.27. The Hall–Kier alpha value is -2.90. The Morgan fingerprint density at radius 3 is 2.54 bits per heavy atom. The van der Waals surface area contributed by atoms with Gasteiger partial charge in [-0.3, -0.25) is 4.79 Å². The molecule has 0 saturated heterocycles. The number of benzene rings is 1. The number of nitrogens with zero attached hydrogens (tertiary/aromatic N) is 2. The van der Waals surface area contributed by atoms with Crippen molar-refractivity contribution in [1.29, 1.82) is 0 Å². The minimum atomic E-state index is -0.956. The summed E-state index contributed by atoms with van der Waals surface area (Å²) in [4.78, 5) is 24.0. The van der Waals surface area contributed by atoms with Crippen LogP contribution >= 0.6 is 0 Å². The third kappa shape index (κ3) is 3.68. The standard InChI is InChI=1S/C18H22FN5O2/c1-12(22-17(26)23-18(16(20)25)8-2-3-9-18)13-10-21-24(11-13)15-6-4-14(19)5-7-15/h4-7,10-12H,2-3,8-9H2,1H3,(H2,20,25)(H2,22,23,26)/t12-/m0/s1. The molecule has 2 aromatic rings. The van der Waals surface area contributed by atoms with Gasteiger partial charge in [0.15, 0.2) is 0 Å². The molecule has 1 aliphatic carbocycles. The van der Waals surface area contributed by atoms with E-state index in [1.807, 2.05) is 6.92 Å². The van der Waals surface area contributed by atoms with Crippen molar-refractivity contribution in [2.75, 3.05) is 0 Å². The largest absolute Gasteiger partial charge is 0.368 e. The predicted octanol–water partition coefficient (Wildman–Crippen LogP) is 2.17. The van der Waals surface area contributed by atoms with Gasteiger partial charge in [-0.1, -0.05) is 12.8 Å². The highest BCUT2D eigenvalue weighted by molar-refractivity contribution is 5.90. The third-order valence-corrected chi connectivity index (χ3v) is 4.82. The number of hydrogen-bond acceptors (Lipinski definition) is 3. The molecule has 1 aromatic carbocycles. The number of hydrogen-bond donors (Lipinski definition) is 3. The highest BCUT2D eigenvalue weighted by Crippen LogP contribution is 2.29. The van der Waals surface area contributed by atoms with Gasteiger partial charge in [0.25, 0.3) is 0 Å². The molecule has 1 aromatic heterocycles. The molecule has 7 nitrogen and oxygen atoms in total. The van der Waals surface area contributed by atoms with Crippen LogP contribution in [0.25, 0.3) is 5.69 Å². The lowest BCUT2D eigenvalue weighted by Crippen LogP contribution is -2.58. The Morgan fingerprint density at radius 2 is 1.92 bits per heavy atom. The predicted molar refractivity (Wildman–Crippen MR) is 94.0 cm³/mol. The molecular formula is C18H22FN5O2. The van der Waals surface area contributed by atoms with Gasteiger partial charge in [-0.15, -0.1) is 0 Å². The van der Waals surface area contributed by atoms with Crippen molar-refractivity contribution in [3.8, 4) is 5.69 Å². The molecule has 8 heteroatoms. The number of amides is 3. The molecule has 1 heterocycles. The first-order valence-corrected chi connectivity index (χ1v) is 8.59. The number of primary amides is 1. The van der Waals surface area contributed by atoms with Crippen molar-refractivity contribution in [1.82, 2.24) is 20.4 Å². The molecule has 1 atom stereocenters. The molecular weight excluding hydrogens is 337 g/mol. The van der Waals surface area contributed by atoms with Crippen molar-refractivity contribution < 1.29 is 14.0 Å². The first-order valence-electron chi connectivity index (χ1n) is 8.59. The van der Waals surface area contributed by atoms with Crippen molar-refractivity contribution >= 4 is 11.9 Å². The van der Waals surface area contributed by atoms with Crippen molar-refractivity contribution in [2.24, 2.45) is 5.73 Å². The first kappa shape index (κ1) is 17.9. The van der Waals surface area contributed by atoms with Gasteiger partial charge in [-0.2, -0.15) is 5.10 Å². The summed E-state index contributed by atoms with van der Waals surface area (Å²) in [6, 6.07) is 5.19. The highest BCUT2D eigenvalue weighted by atomic mass is 19.1. The Bertz CT molecular complexity index is 796. The minimum absolute atomic E-state index is 0.317. The molecule has 0 aliphatic heterocycles. The molecule has 0 unspecified atom stereocenters.